The van der Waals surface area contributed by atoms with Crippen LogP contribution in [-0.4, -0.2) is 73.0 Å². The molecule has 17 heteroatoms. The summed E-state index contributed by atoms with van der Waals surface area (Å²) in [6.45, 7) is 12.5. The molecule has 344 valence electrons. The minimum absolute atomic E-state index is 0.0000446. The van der Waals surface area contributed by atoms with E-state index in [4.69, 9.17) is 14.4 Å². The number of fused-ring (bicyclic) bond motifs is 3. The number of H-pyrrole nitrogens is 1. The zero-order valence-electron chi connectivity index (χ0n) is 38.1. The number of carbonyl (C=O) groups excluding carboxylic acids is 1. The van der Waals surface area contributed by atoms with Gasteiger partial charge < -0.3 is 14.2 Å². The van der Waals surface area contributed by atoms with Crippen LogP contribution in [0.1, 0.15) is 122 Å². The number of rotatable bonds is 8. The number of imidazole rings is 1. The Morgan fingerprint density at radius 1 is 0.910 bits per heavy atom. The topological polar surface area (TPSA) is 156 Å². The van der Waals surface area contributed by atoms with E-state index < -0.39 is 28.8 Å². The van der Waals surface area contributed by atoms with Gasteiger partial charge in [0.1, 0.15) is 22.9 Å². The molecule has 0 bridgehead atoms. The number of aryl methyl sites for hydroxylation is 2. The number of amides is 1. The van der Waals surface area contributed by atoms with Gasteiger partial charge in [0.05, 0.1) is 51.9 Å². The molecule has 4 aliphatic rings. The highest BCUT2D eigenvalue weighted by Crippen LogP contribution is 2.56. The van der Waals surface area contributed by atoms with Crippen molar-refractivity contribution in [3.8, 4) is 17.2 Å². The van der Waals surface area contributed by atoms with Gasteiger partial charge in [-0.1, -0.05) is 18.1 Å². The summed E-state index contributed by atoms with van der Waals surface area (Å²) >= 11 is 0. The molecule has 2 aliphatic heterocycles. The highest BCUT2D eigenvalue weighted by atomic mass is 19.1. The van der Waals surface area contributed by atoms with Crippen LogP contribution in [0.4, 0.5) is 8.78 Å². The number of nitrogens with zero attached hydrogens (tertiary/aromatic N) is 9. The van der Waals surface area contributed by atoms with Crippen LogP contribution in [-0.2, 0) is 16.7 Å². The lowest BCUT2D eigenvalue weighted by atomic mass is 9.83. The van der Waals surface area contributed by atoms with Crippen molar-refractivity contribution in [3.63, 3.8) is 0 Å². The molecule has 1 unspecified atom stereocenters. The first kappa shape index (κ1) is 41.5. The normalized spacial score (nSPS) is 22.5. The van der Waals surface area contributed by atoms with E-state index in [2.05, 4.69) is 54.2 Å². The summed E-state index contributed by atoms with van der Waals surface area (Å²) in [5, 5.41) is 14.9. The third-order valence-electron chi connectivity index (χ3n) is 15.0. The van der Waals surface area contributed by atoms with Gasteiger partial charge in [-0.25, -0.2) is 23.1 Å². The van der Waals surface area contributed by atoms with E-state index >= 15 is 13.6 Å². The fraction of sp³-hybridized carbons (Fsp3) is 0.400. The van der Waals surface area contributed by atoms with Crippen LogP contribution in [0.25, 0.3) is 39.0 Å². The Balaban J connectivity index is 0.994. The van der Waals surface area contributed by atoms with E-state index in [0.29, 0.717) is 82.3 Å². The molecule has 67 heavy (non-hydrogen) atoms. The van der Waals surface area contributed by atoms with Crippen LogP contribution in [0.15, 0.2) is 81.2 Å². The minimum Gasteiger partial charge on any atom is -0.376 e. The smallest absolute Gasteiger partial charge is 0.376 e. The Morgan fingerprint density at radius 3 is 2.36 bits per heavy atom. The van der Waals surface area contributed by atoms with Gasteiger partial charge in [0, 0.05) is 48.4 Å². The monoisotopic (exact) mass is 908 g/mol. The molecule has 0 spiro atoms. The van der Waals surface area contributed by atoms with E-state index in [-0.39, 0.29) is 40.9 Å². The number of hydrogen-bond donors (Lipinski definition) is 1. The van der Waals surface area contributed by atoms with Crippen LogP contribution in [0.5, 0.6) is 0 Å². The lowest BCUT2D eigenvalue weighted by Gasteiger charge is -2.35. The van der Waals surface area contributed by atoms with Crippen molar-refractivity contribution in [1.29, 1.82) is 0 Å². The first-order chi connectivity index (χ1) is 32.1. The molecular weight excluding hydrogens is 859 g/mol. The first-order valence-corrected chi connectivity index (χ1v) is 23.2. The second kappa shape index (κ2) is 14.6. The highest BCUT2D eigenvalue weighted by Gasteiger charge is 2.59. The van der Waals surface area contributed by atoms with Gasteiger partial charge in [-0.3, -0.25) is 28.1 Å². The molecule has 1 N–H and O–H groups in total. The van der Waals surface area contributed by atoms with Crippen LogP contribution in [0.2, 0.25) is 0 Å². The third kappa shape index (κ3) is 6.29. The van der Waals surface area contributed by atoms with Gasteiger partial charge in [0.25, 0.3) is 5.91 Å². The number of halogens is 2. The summed E-state index contributed by atoms with van der Waals surface area (Å²) in [7, 11) is 0. The summed E-state index contributed by atoms with van der Waals surface area (Å²) in [5.74, 6) is -0.863. The molecule has 5 aromatic heterocycles. The van der Waals surface area contributed by atoms with Crippen molar-refractivity contribution >= 4 is 27.7 Å². The molecule has 4 atom stereocenters. The summed E-state index contributed by atoms with van der Waals surface area (Å²) in [6, 6.07) is 14.7. The molecule has 3 aromatic carbocycles. The molecular formula is C50H50F2N10O5. The molecule has 12 rings (SSSR count). The predicted molar refractivity (Wildman–Crippen MR) is 245 cm³/mol. The Bertz CT molecular complexity index is 3470. The summed E-state index contributed by atoms with van der Waals surface area (Å²) in [5.41, 5.74) is 4.10. The maximum Gasteiger partial charge on any atom is 0.438 e. The van der Waals surface area contributed by atoms with Crippen molar-refractivity contribution in [1.82, 2.24) is 48.3 Å². The molecule has 7 heterocycles. The Morgan fingerprint density at radius 2 is 1.66 bits per heavy atom. The molecule has 15 nitrogen and oxygen atoms in total. The van der Waals surface area contributed by atoms with Crippen molar-refractivity contribution in [2.24, 2.45) is 5.92 Å². The van der Waals surface area contributed by atoms with Crippen LogP contribution >= 0.6 is 0 Å². The SMILES string of the molecule is Cc1cc(-n2nc3c(c2-n2ccn(-c4ccc5c(cnn5C5CC5)c4F)c2=O)[C@H](C)N(C(=O)c2cc4cc(C5CCOC(C)(C)C5)ccc4n2[C@@]2(c4noc(=O)[nH]4)C[C@@H]2C)CC3)cc(C)c1F. The number of aromatic nitrogens is 9. The summed E-state index contributed by atoms with van der Waals surface area (Å²) in [4.78, 5) is 47.4. The molecule has 0 radical (unpaired) electrons. The van der Waals surface area contributed by atoms with E-state index in [0.717, 1.165) is 42.1 Å². The maximum atomic E-state index is 16.4. The Hall–Kier alpha value is -6.88. The standard InChI is InChI=1S/C50H50F2N10O5/c1-26-19-34(20-27(2)42(26)51)62-44(59-17-16-58(48(59)65)39-12-11-38-35(43(39)52)25-53-61(38)33-8-9-33)41-29(4)57(15-13-36(41)55-62)45(63)40-22-32-21-30(31-14-18-66-49(5,6)24-31)7-10-37(32)60(40)50(23-28(50)3)46-54-47(64)67-56-46/h7,10-12,16-17,19-22,25,28-29,31,33H,8-9,13-15,18,23-24H2,1-6H3,(H,54,56,64)/t28-,29-,31?,50-/m0/s1. The average Bonchev–Trinajstić information content (AvgIpc) is 3.82. The van der Waals surface area contributed by atoms with E-state index in [1.54, 1.807) is 53.9 Å². The van der Waals surface area contributed by atoms with Gasteiger partial charge in [0.2, 0.25) is 0 Å². The number of carbonyl (C=O) groups is 1. The van der Waals surface area contributed by atoms with Gasteiger partial charge >= 0.3 is 11.4 Å². The van der Waals surface area contributed by atoms with Gasteiger partial charge in [0.15, 0.2) is 11.6 Å². The largest absolute Gasteiger partial charge is 0.438 e. The van der Waals surface area contributed by atoms with E-state index in [1.165, 1.54) is 21.5 Å². The highest BCUT2D eigenvalue weighted by molar-refractivity contribution is 6.00. The van der Waals surface area contributed by atoms with Crippen molar-refractivity contribution in [2.45, 2.75) is 109 Å². The second-order valence-electron chi connectivity index (χ2n) is 19.8. The minimum atomic E-state index is -0.856. The van der Waals surface area contributed by atoms with Crippen molar-refractivity contribution < 1.29 is 22.8 Å². The zero-order chi connectivity index (χ0) is 46.4. The molecule has 1 saturated heterocycles. The van der Waals surface area contributed by atoms with Crippen LogP contribution < -0.4 is 11.4 Å². The molecule has 2 saturated carbocycles. The fourth-order valence-electron chi connectivity index (χ4n) is 11.3. The number of nitrogens with one attached hydrogen (secondary N) is 1. The van der Waals surface area contributed by atoms with Gasteiger partial charge in [-0.15, -0.1) is 0 Å². The third-order valence-corrected chi connectivity index (χ3v) is 15.0. The number of benzene rings is 3. The van der Waals surface area contributed by atoms with Crippen LogP contribution in [0, 0.1) is 31.4 Å². The average molecular weight is 909 g/mol. The number of aromatic amines is 1. The van der Waals surface area contributed by atoms with Crippen molar-refractivity contribution in [2.75, 3.05) is 13.2 Å². The Labute approximate surface area is 382 Å². The fourth-order valence-corrected chi connectivity index (χ4v) is 11.3. The Kier molecular flexibility index (Phi) is 9.03. The first-order valence-electron chi connectivity index (χ1n) is 23.2. The van der Waals surface area contributed by atoms with Gasteiger partial charge in [-0.2, -0.15) is 10.2 Å². The molecule has 3 fully saturated rings. The number of ether oxygens (including phenoxy) is 1. The second-order valence-corrected chi connectivity index (χ2v) is 19.8. The molecule has 1 amide bonds. The molecule has 8 aromatic rings. The maximum absolute atomic E-state index is 16.4. The quantitative estimate of drug-likeness (QED) is 0.160. The predicted octanol–water partition coefficient (Wildman–Crippen LogP) is 8.24. The van der Waals surface area contributed by atoms with Crippen molar-refractivity contribution in [3.05, 3.63) is 139 Å². The number of hydrogen-bond acceptors (Lipinski definition) is 8. The van der Waals surface area contributed by atoms with Gasteiger partial charge in [-0.05, 0) is 138 Å². The lowest BCUT2D eigenvalue weighted by molar-refractivity contribution is -0.0592. The summed E-state index contributed by atoms with van der Waals surface area (Å²) < 4.78 is 50.9. The van der Waals surface area contributed by atoms with E-state index in [9.17, 15) is 9.59 Å². The zero-order valence-corrected chi connectivity index (χ0v) is 38.1. The summed E-state index contributed by atoms with van der Waals surface area (Å²) in [6.07, 6.45) is 9.28. The lowest BCUT2D eigenvalue weighted by Crippen LogP contribution is -2.41. The van der Waals surface area contributed by atoms with E-state index in [1.807, 2.05) is 22.2 Å². The molecule has 2 aliphatic carbocycles. The van der Waals surface area contributed by atoms with Crippen LogP contribution in [0.3, 0.4) is 0 Å².